The molecule has 0 aromatic heterocycles. The molecule has 1 saturated heterocycles. The van der Waals surface area contributed by atoms with Crippen molar-refractivity contribution in [1.29, 1.82) is 0 Å². The van der Waals surface area contributed by atoms with Gasteiger partial charge in [-0.25, -0.2) is 4.99 Å². The average molecular weight is 526 g/mol. The Bertz CT molecular complexity index is 1360. The number of ether oxygens (including phenoxy) is 1. The van der Waals surface area contributed by atoms with Crippen molar-refractivity contribution in [1.82, 2.24) is 15.1 Å². The fraction of sp³-hybridized carbons (Fsp3) is 0.355. The molecular weight excluding hydrogens is 490 g/mol. The number of nitrogens with one attached hydrogen (secondary N) is 1. The Morgan fingerprint density at radius 3 is 2.33 bits per heavy atom. The Hall–Kier alpha value is -4.20. The lowest BCUT2D eigenvalue weighted by Gasteiger charge is -2.47. The lowest BCUT2D eigenvalue weighted by molar-refractivity contribution is -0.141. The minimum atomic E-state index is -0.586. The molecule has 3 aliphatic rings. The van der Waals surface area contributed by atoms with Gasteiger partial charge in [0.05, 0.1) is 5.54 Å². The monoisotopic (exact) mass is 525 g/mol. The SMILES string of the molecule is CCC1=C(C(=O)N2CCN(C(=O)C3=NCCC(c4ccccc4)=CN3)C(C)(C)C2)N=C(c2ccccc2)OC1. The Labute approximate surface area is 229 Å². The van der Waals surface area contributed by atoms with Gasteiger partial charge in [0.1, 0.15) is 12.3 Å². The van der Waals surface area contributed by atoms with Crippen molar-refractivity contribution < 1.29 is 14.3 Å². The van der Waals surface area contributed by atoms with Crippen LogP contribution in [-0.2, 0) is 14.3 Å². The standard InChI is InChI=1S/C31H35N5O3/c1-4-22-20-39-28(24-13-9-6-10-14-24)34-26(22)29(37)35-17-18-36(31(2,3)21-35)30(38)27-32-16-15-25(19-33-27)23-11-7-5-8-12-23/h5-14,19H,4,15-18,20-21H2,1-3H3,(H,32,33). The molecular formula is C31H35N5O3. The summed E-state index contributed by atoms with van der Waals surface area (Å²) >= 11 is 0. The summed E-state index contributed by atoms with van der Waals surface area (Å²) in [6, 6.07) is 19.7. The van der Waals surface area contributed by atoms with Crippen molar-refractivity contribution in [3.05, 3.63) is 89.3 Å². The normalized spacial score (nSPS) is 19.2. The molecule has 0 bridgehead atoms. The van der Waals surface area contributed by atoms with E-state index in [9.17, 15) is 9.59 Å². The van der Waals surface area contributed by atoms with Gasteiger partial charge in [-0.1, -0.05) is 55.5 Å². The number of rotatable bonds is 5. The van der Waals surface area contributed by atoms with Crippen molar-refractivity contribution in [3.63, 3.8) is 0 Å². The molecule has 39 heavy (non-hydrogen) atoms. The van der Waals surface area contributed by atoms with E-state index >= 15 is 0 Å². The van der Waals surface area contributed by atoms with Crippen molar-refractivity contribution in [3.8, 4) is 0 Å². The zero-order valence-electron chi connectivity index (χ0n) is 22.8. The molecule has 2 amide bonds. The topological polar surface area (TPSA) is 86.6 Å². The van der Waals surface area contributed by atoms with Crippen LogP contribution in [0.2, 0.25) is 0 Å². The summed E-state index contributed by atoms with van der Waals surface area (Å²) in [6.45, 7) is 8.09. The van der Waals surface area contributed by atoms with Crippen molar-refractivity contribution >= 4 is 29.1 Å². The zero-order chi connectivity index (χ0) is 27.4. The second-order valence-electron chi connectivity index (χ2n) is 10.5. The van der Waals surface area contributed by atoms with Crippen molar-refractivity contribution in [2.45, 2.75) is 39.2 Å². The van der Waals surface area contributed by atoms with Crippen LogP contribution in [0.1, 0.15) is 44.7 Å². The van der Waals surface area contributed by atoms with Crippen LogP contribution >= 0.6 is 0 Å². The van der Waals surface area contributed by atoms with Crippen LogP contribution in [-0.4, -0.2) is 71.7 Å². The molecule has 202 valence electrons. The molecule has 3 heterocycles. The molecule has 3 aliphatic heterocycles. The molecule has 8 heteroatoms. The molecule has 2 aromatic carbocycles. The third-order valence-corrected chi connectivity index (χ3v) is 7.40. The van der Waals surface area contributed by atoms with Crippen LogP contribution in [0.4, 0.5) is 0 Å². The molecule has 0 atom stereocenters. The predicted molar refractivity (Wildman–Crippen MR) is 153 cm³/mol. The van der Waals surface area contributed by atoms with Crippen molar-refractivity contribution in [2.75, 3.05) is 32.8 Å². The van der Waals surface area contributed by atoms with Crippen LogP contribution in [0.25, 0.3) is 5.57 Å². The first kappa shape index (κ1) is 26.4. The molecule has 0 aliphatic carbocycles. The minimum Gasteiger partial charge on any atom is -0.473 e. The summed E-state index contributed by atoms with van der Waals surface area (Å²) in [7, 11) is 0. The number of aliphatic imine (C=N–C) groups is 2. The van der Waals surface area contributed by atoms with E-state index in [4.69, 9.17) is 4.74 Å². The van der Waals surface area contributed by atoms with Gasteiger partial charge in [-0.05, 0) is 55.5 Å². The summed E-state index contributed by atoms with van der Waals surface area (Å²) in [5.41, 5.74) is 3.82. The molecule has 0 saturated carbocycles. The van der Waals surface area contributed by atoms with E-state index in [-0.39, 0.29) is 11.8 Å². The van der Waals surface area contributed by atoms with E-state index in [2.05, 4.69) is 27.4 Å². The van der Waals surface area contributed by atoms with E-state index in [0.717, 1.165) is 28.7 Å². The predicted octanol–water partition coefficient (Wildman–Crippen LogP) is 4.01. The number of carbonyl (C=O) groups is 2. The van der Waals surface area contributed by atoms with Crippen LogP contribution in [0.3, 0.4) is 0 Å². The molecule has 5 rings (SSSR count). The molecule has 8 nitrogen and oxygen atoms in total. The maximum absolute atomic E-state index is 13.7. The Balaban J connectivity index is 1.30. The molecule has 0 radical (unpaired) electrons. The van der Waals surface area contributed by atoms with Gasteiger partial charge >= 0.3 is 0 Å². The fourth-order valence-electron chi connectivity index (χ4n) is 5.19. The third kappa shape index (κ3) is 5.65. The quantitative estimate of drug-likeness (QED) is 0.639. The highest BCUT2D eigenvalue weighted by Gasteiger charge is 2.41. The van der Waals surface area contributed by atoms with E-state index in [0.29, 0.717) is 56.6 Å². The highest BCUT2D eigenvalue weighted by molar-refractivity contribution is 6.38. The number of carbonyl (C=O) groups excluding carboxylic acids is 2. The number of amidine groups is 1. The Kier molecular flexibility index (Phi) is 7.63. The van der Waals surface area contributed by atoms with Gasteiger partial charge in [0.25, 0.3) is 11.8 Å². The first-order chi connectivity index (χ1) is 18.9. The molecule has 0 unspecified atom stereocenters. The maximum Gasteiger partial charge on any atom is 0.289 e. The van der Waals surface area contributed by atoms with Crippen LogP contribution in [0.5, 0.6) is 0 Å². The van der Waals surface area contributed by atoms with E-state index < -0.39 is 5.54 Å². The minimum absolute atomic E-state index is 0.121. The van der Waals surface area contributed by atoms with Gasteiger partial charge in [0.2, 0.25) is 5.90 Å². The second kappa shape index (κ2) is 11.3. The first-order valence-electron chi connectivity index (χ1n) is 13.5. The number of hydrogen-bond acceptors (Lipinski definition) is 6. The zero-order valence-corrected chi connectivity index (χ0v) is 22.8. The summed E-state index contributed by atoms with van der Waals surface area (Å²) in [5, 5.41) is 3.16. The summed E-state index contributed by atoms with van der Waals surface area (Å²) in [5.74, 6) is 0.529. The van der Waals surface area contributed by atoms with E-state index in [1.54, 1.807) is 0 Å². The Morgan fingerprint density at radius 1 is 0.974 bits per heavy atom. The van der Waals surface area contributed by atoms with Gasteiger partial charge < -0.3 is 19.9 Å². The van der Waals surface area contributed by atoms with Gasteiger partial charge in [-0.3, -0.25) is 14.6 Å². The Morgan fingerprint density at radius 2 is 1.67 bits per heavy atom. The summed E-state index contributed by atoms with van der Waals surface area (Å²) in [6.07, 6.45) is 3.32. The molecule has 1 fully saturated rings. The fourth-order valence-corrected chi connectivity index (χ4v) is 5.19. The number of benzene rings is 2. The van der Waals surface area contributed by atoms with Crippen molar-refractivity contribution in [2.24, 2.45) is 9.98 Å². The van der Waals surface area contributed by atoms with Crippen LogP contribution < -0.4 is 5.32 Å². The summed E-state index contributed by atoms with van der Waals surface area (Å²) in [4.78, 5) is 40.2. The number of piperazine rings is 1. The first-order valence-corrected chi connectivity index (χ1v) is 13.5. The number of nitrogens with zero attached hydrogens (tertiary/aromatic N) is 4. The number of hydrogen-bond donors (Lipinski definition) is 1. The molecule has 1 N–H and O–H groups in total. The lowest BCUT2D eigenvalue weighted by Crippen LogP contribution is -2.64. The van der Waals surface area contributed by atoms with Crippen LogP contribution in [0, 0.1) is 0 Å². The van der Waals surface area contributed by atoms with E-state index in [1.165, 1.54) is 0 Å². The van der Waals surface area contributed by atoms with Gasteiger partial charge in [0, 0.05) is 37.9 Å². The highest BCUT2D eigenvalue weighted by atomic mass is 16.5. The highest BCUT2D eigenvalue weighted by Crippen LogP contribution is 2.27. The molecule has 0 spiro atoms. The number of amides is 2. The second-order valence-corrected chi connectivity index (χ2v) is 10.5. The third-order valence-electron chi connectivity index (χ3n) is 7.40. The summed E-state index contributed by atoms with van der Waals surface area (Å²) < 4.78 is 5.88. The van der Waals surface area contributed by atoms with Gasteiger partial charge in [0.15, 0.2) is 5.84 Å². The van der Waals surface area contributed by atoms with Crippen LogP contribution in [0.15, 0.2) is 88.1 Å². The lowest BCUT2D eigenvalue weighted by atomic mass is 9.97. The smallest absolute Gasteiger partial charge is 0.289 e. The van der Waals surface area contributed by atoms with Gasteiger partial charge in [-0.15, -0.1) is 0 Å². The van der Waals surface area contributed by atoms with Gasteiger partial charge in [-0.2, -0.15) is 0 Å². The maximum atomic E-state index is 13.7. The molecule has 2 aromatic rings. The van der Waals surface area contributed by atoms with E-state index in [1.807, 2.05) is 85.3 Å². The average Bonchev–Trinajstić information content (AvgIpc) is 3.23. The largest absolute Gasteiger partial charge is 0.473 e.